The van der Waals surface area contributed by atoms with E-state index < -0.39 is 0 Å². The molecule has 1 aliphatic heterocycles. The van der Waals surface area contributed by atoms with E-state index >= 15 is 0 Å². The Morgan fingerprint density at radius 2 is 2.14 bits per heavy atom. The number of hydrogen-bond donors (Lipinski definition) is 1. The van der Waals surface area contributed by atoms with Gasteiger partial charge >= 0.3 is 0 Å². The molecule has 0 radical (unpaired) electrons. The van der Waals surface area contributed by atoms with Crippen molar-refractivity contribution in [1.82, 2.24) is 0 Å². The highest BCUT2D eigenvalue weighted by atomic mass is 16.1. The molecule has 1 atom stereocenters. The third kappa shape index (κ3) is 1.52. The van der Waals surface area contributed by atoms with Crippen LogP contribution in [0, 0.1) is 5.92 Å². The van der Waals surface area contributed by atoms with Gasteiger partial charge in [-0.15, -0.1) is 0 Å². The second-order valence-electron chi connectivity index (χ2n) is 4.12. The number of hydrogen-bond acceptors (Lipinski definition) is 2. The Kier molecular flexibility index (Phi) is 2.28. The van der Waals surface area contributed by atoms with Gasteiger partial charge in [0.15, 0.2) is 5.78 Å². The van der Waals surface area contributed by atoms with E-state index in [1.807, 2.05) is 32.0 Å². The zero-order chi connectivity index (χ0) is 10.1. The number of anilines is 1. The Bertz CT molecular complexity index is 332. The summed E-state index contributed by atoms with van der Waals surface area (Å²) in [5.74, 6) is 0.419. The lowest BCUT2D eigenvalue weighted by Gasteiger charge is -2.12. The van der Waals surface area contributed by atoms with Crippen molar-refractivity contribution in [3.8, 4) is 0 Å². The Hall–Kier alpha value is -1.31. The standard InChI is InChI=1S/C12H15NO/c1-8(2)12(14)11-7-9-5-3-4-6-10(9)13-11/h3-6,8,11,13H,7H2,1-2H3/t11-/m0/s1. The summed E-state index contributed by atoms with van der Waals surface area (Å²) >= 11 is 0. The second kappa shape index (κ2) is 3.45. The highest BCUT2D eigenvalue weighted by Crippen LogP contribution is 2.26. The van der Waals surface area contributed by atoms with E-state index in [1.165, 1.54) is 5.56 Å². The van der Waals surface area contributed by atoms with Crippen LogP contribution in [0.25, 0.3) is 0 Å². The maximum absolute atomic E-state index is 11.8. The van der Waals surface area contributed by atoms with Crippen molar-refractivity contribution in [2.45, 2.75) is 26.3 Å². The molecule has 0 unspecified atom stereocenters. The molecule has 0 saturated carbocycles. The molecule has 1 aromatic rings. The van der Waals surface area contributed by atoms with Gasteiger partial charge in [0.25, 0.3) is 0 Å². The maximum atomic E-state index is 11.8. The first-order chi connectivity index (χ1) is 6.68. The minimum atomic E-state index is -0.00704. The molecule has 74 valence electrons. The van der Waals surface area contributed by atoms with Crippen molar-refractivity contribution in [1.29, 1.82) is 0 Å². The van der Waals surface area contributed by atoms with Crippen LogP contribution >= 0.6 is 0 Å². The molecular weight excluding hydrogens is 174 g/mol. The number of ketones is 1. The lowest BCUT2D eigenvalue weighted by atomic mass is 9.99. The molecule has 1 N–H and O–H groups in total. The normalized spacial score (nSPS) is 19.2. The maximum Gasteiger partial charge on any atom is 0.157 e. The molecule has 0 saturated heterocycles. The molecule has 2 heteroatoms. The number of carbonyl (C=O) groups excluding carboxylic acids is 1. The average molecular weight is 189 g/mol. The first-order valence-electron chi connectivity index (χ1n) is 5.06. The summed E-state index contributed by atoms with van der Waals surface area (Å²) in [7, 11) is 0. The minimum absolute atomic E-state index is 0.00704. The highest BCUT2D eigenvalue weighted by Gasteiger charge is 2.27. The van der Waals surface area contributed by atoms with Gasteiger partial charge in [-0.3, -0.25) is 4.79 Å². The fourth-order valence-corrected chi connectivity index (χ4v) is 1.87. The molecule has 1 aromatic carbocycles. The van der Waals surface area contributed by atoms with Gasteiger partial charge < -0.3 is 5.32 Å². The predicted octanol–water partition coefficient (Wildman–Crippen LogP) is 2.25. The molecule has 0 aromatic heterocycles. The van der Waals surface area contributed by atoms with E-state index in [4.69, 9.17) is 0 Å². The fraction of sp³-hybridized carbons (Fsp3) is 0.417. The summed E-state index contributed by atoms with van der Waals surface area (Å²) in [6.07, 6.45) is 0.840. The summed E-state index contributed by atoms with van der Waals surface area (Å²) in [6, 6.07) is 8.11. The summed E-state index contributed by atoms with van der Waals surface area (Å²) < 4.78 is 0. The smallest absolute Gasteiger partial charge is 0.157 e. The third-order valence-corrected chi connectivity index (χ3v) is 2.68. The van der Waals surface area contributed by atoms with Crippen molar-refractivity contribution in [2.24, 2.45) is 5.92 Å². The van der Waals surface area contributed by atoms with Gasteiger partial charge in [-0.2, -0.15) is 0 Å². The van der Waals surface area contributed by atoms with Crippen LogP contribution in [0.15, 0.2) is 24.3 Å². The molecule has 2 nitrogen and oxygen atoms in total. The molecule has 14 heavy (non-hydrogen) atoms. The van der Waals surface area contributed by atoms with Crippen LogP contribution in [0.5, 0.6) is 0 Å². The number of benzene rings is 1. The van der Waals surface area contributed by atoms with Crippen LogP contribution in [0.4, 0.5) is 5.69 Å². The molecule has 0 amide bonds. The van der Waals surface area contributed by atoms with Gasteiger partial charge in [0.05, 0.1) is 6.04 Å². The fourth-order valence-electron chi connectivity index (χ4n) is 1.87. The number of Topliss-reactive ketones (excluding diaryl/α,β-unsaturated/α-hetero) is 1. The van der Waals surface area contributed by atoms with Crippen molar-refractivity contribution >= 4 is 11.5 Å². The molecule has 1 heterocycles. The van der Waals surface area contributed by atoms with E-state index in [2.05, 4.69) is 11.4 Å². The molecule has 2 rings (SSSR count). The quantitative estimate of drug-likeness (QED) is 0.773. The summed E-state index contributed by atoms with van der Waals surface area (Å²) in [6.45, 7) is 3.90. The van der Waals surface area contributed by atoms with E-state index in [0.717, 1.165) is 12.1 Å². The Morgan fingerprint density at radius 1 is 1.43 bits per heavy atom. The van der Waals surface area contributed by atoms with Gasteiger partial charge in [0.1, 0.15) is 0 Å². The molecule has 0 aliphatic carbocycles. The first kappa shape index (κ1) is 9.25. The number of para-hydroxylation sites is 1. The van der Waals surface area contributed by atoms with Crippen LogP contribution in [-0.2, 0) is 11.2 Å². The molecular formula is C12H15NO. The van der Waals surface area contributed by atoms with Crippen molar-refractivity contribution in [3.63, 3.8) is 0 Å². The van der Waals surface area contributed by atoms with Crippen LogP contribution in [0.3, 0.4) is 0 Å². The van der Waals surface area contributed by atoms with Crippen molar-refractivity contribution in [2.75, 3.05) is 5.32 Å². The first-order valence-corrected chi connectivity index (χ1v) is 5.06. The second-order valence-corrected chi connectivity index (χ2v) is 4.12. The van der Waals surface area contributed by atoms with Crippen LogP contribution in [0.1, 0.15) is 19.4 Å². The number of carbonyl (C=O) groups is 1. The topological polar surface area (TPSA) is 29.1 Å². The van der Waals surface area contributed by atoms with E-state index in [9.17, 15) is 4.79 Å². The summed E-state index contributed by atoms with van der Waals surface area (Å²) in [4.78, 5) is 11.8. The van der Waals surface area contributed by atoms with Crippen LogP contribution in [0.2, 0.25) is 0 Å². The Labute approximate surface area is 84.3 Å². The van der Waals surface area contributed by atoms with Gasteiger partial charge in [0.2, 0.25) is 0 Å². The summed E-state index contributed by atoms with van der Waals surface area (Å²) in [5, 5.41) is 3.27. The lowest BCUT2D eigenvalue weighted by molar-refractivity contribution is -0.122. The SMILES string of the molecule is CC(C)C(=O)[C@@H]1Cc2ccccc2N1. The molecule has 0 spiro atoms. The third-order valence-electron chi connectivity index (χ3n) is 2.68. The lowest BCUT2D eigenvalue weighted by Crippen LogP contribution is -2.30. The molecule has 0 bridgehead atoms. The van der Waals surface area contributed by atoms with Gasteiger partial charge in [0, 0.05) is 18.0 Å². The zero-order valence-corrected chi connectivity index (χ0v) is 8.58. The van der Waals surface area contributed by atoms with E-state index in [1.54, 1.807) is 0 Å². The van der Waals surface area contributed by atoms with E-state index in [0.29, 0.717) is 5.78 Å². The van der Waals surface area contributed by atoms with Gasteiger partial charge in [-0.1, -0.05) is 32.0 Å². The molecule has 0 fully saturated rings. The van der Waals surface area contributed by atoms with Gasteiger partial charge in [-0.05, 0) is 11.6 Å². The number of rotatable bonds is 2. The minimum Gasteiger partial charge on any atom is -0.375 e. The van der Waals surface area contributed by atoms with Crippen LogP contribution < -0.4 is 5.32 Å². The van der Waals surface area contributed by atoms with Crippen LogP contribution in [-0.4, -0.2) is 11.8 Å². The van der Waals surface area contributed by atoms with Crippen molar-refractivity contribution < 1.29 is 4.79 Å². The largest absolute Gasteiger partial charge is 0.375 e. The average Bonchev–Trinajstić information content (AvgIpc) is 2.59. The Balaban J connectivity index is 2.16. The van der Waals surface area contributed by atoms with Crippen molar-refractivity contribution in [3.05, 3.63) is 29.8 Å². The highest BCUT2D eigenvalue weighted by molar-refractivity contribution is 5.90. The monoisotopic (exact) mass is 189 g/mol. The predicted molar refractivity (Wildman–Crippen MR) is 57.4 cm³/mol. The van der Waals surface area contributed by atoms with E-state index in [-0.39, 0.29) is 12.0 Å². The zero-order valence-electron chi connectivity index (χ0n) is 8.58. The number of nitrogens with one attached hydrogen (secondary N) is 1. The van der Waals surface area contributed by atoms with Gasteiger partial charge in [-0.25, -0.2) is 0 Å². The number of fused-ring (bicyclic) bond motifs is 1. The Morgan fingerprint density at radius 3 is 2.79 bits per heavy atom. The molecule has 1 aliphatic rings. The summed E-state index contributed by atoms with van der Waals surface area (Å²) in [5.41, 5.74) is 2.37.